The second-order valence-corrected chi connectivity index (χ2v) is 10.7. The van der Waals surface area contributed by atoms with Gasteiger partial charge in [-0.25, -0.2) is 0 Å². The highest BCUT2D eigenvalue weighted by Crippen LogP contribution is 2.34. The summed E-state index contributed by atoms with van der Waals surface area (Å²) < 4.78 is 22.4. The Kier molecular flexibility index (Phi) is 7.47. The Bertz CT molecular complexity index is 356. The number of ether oxygens (including phenoxy) is 3. The summed E-state index contributed by atoms with van der Waals surface area (Å²) in [5, 5.41) is 3.19. The predicted octanol–water partition coefficient (Wildman–Crippen LogP) is 1.90. The number of carbonyl (C=O) groups is 1. The van der Waals surface area contributed by atoms with Crippen molar-refractivity contribution in [2.75, 3.05) is 27.6 Å². The van der Waals surface area contributed by atoms with Crippen LogP contribution in [0.25, 0.3) is 0 Å². The molecule has 130 valence electrons. The van der Waals surface area contributed by atoms with Crippen molar-refractivity contribution < 1.29 is 23.4 Å². The Morgan fingerprint density at radius 1 is 1.23 bits per heavy atom. The highest BCUT2D eigenvalue weighted by atomic mass is 28.4. The number of rotatable bonds is 9. The maximum absolute atomic E-state index is 12.1. The van der Waals surface area contributed by atoms with Crippen molar-refractivity contribution in [3.8, 4) is 0 Å². The Balaban J connectivity index is 2.99. The van der Waals surface area contributed by atoms with Gasteiger partial charge < -0.3 is 18.6 Å². The second kappa shape index (κ2) is 8.40. The zero-order valence-electron chi connectivity index (χ0n) is 14.7. The van der Waals surface area contributed by atoms with Crippen LogP contribution in [0.5, 0.6) is 0 Å². The van der Waals surface area contributed by atoms with Crippen molar-refractivity contribution in [1.82, 2.24) is 5.32 Å². The largest absolute Gasteiger partial charge is 0.468 e. The fourth-order valence-electron chi connectivity index (χ4n) is 3.07. The third-order valence-electron chi connectivity index (χ3n) is 4.97. The van der Waals surface area contributed by atoms with E-state index in [9.17, 15) is 4.79 Å². The van der Waals surface area contributed by atoms with Gasteiger partial charge in [0.05, 0.1) is 13.2 Å². The predicted molar refractivity (Wildman–Crippen MR) is 87.2 cm³/mol. The maximum atomic E-state index is 12.1. The number of hydrogen-bond acceptors (Lipinski definition) is 6. The molecule has 0 radical (unpaired) electrons. The van der Waals surface area contributed by atoms with Gasteiger partial charge in [0.25, 0.3) is 0 Å². The Labute approximate surface area is 135 Å². The number of methoxy groups -OCH3 is 2. The number of esters is 1. The molecule has 0 saturated carbocycles. The quantitative estimate of drug-likeness (QED) is 0.395. The molecule has 0 spiro atoms. The van der Waals surface area contributed by atoms with E-state index in [0.29, 0.717) is 6.54 Å². The first-order valence-electron chi connectivity index (χ1n) is 8.04. The van der Waals surface area contributed by atoms with E-state index in [-0.39, 0.29) is 18.9 Å². The van der Waals surface area contributed by atoms with Crippen LogP contribution in [0.4, 0.5) is 0 Å². The molecule has 0 unspecified atom stereocenters. The van der Waals surface area contributed by atoms with Crippen molar-refractivity contribution in [3.05, 3.63) is 0 Å². The van der Waals surface area contributed by atoms with Crippen LogP contribution in [0.2, 0.25) is 18.1 Å². The minimum absolute atomic E-state index is 0.116. The van der Waals surface area contributed by atoms with Gasteiger partial charge in [0.2, 0.25) is 0 Å². The number of carbonyl (C=O) groups excluding carboxylic acids is 1. The fourth-order valence-corrected chi connectivity index (χ4v) is 5.99. The van der Waals surface area contributed by atoms with Crippen LogP contribution in [-0.2, 0) is 23.4 Å². The van der Waals surface area contributed by atoms with Gasteiger partial charge in [0.15, 0.2) is 8.32 Å². The normalized spacial score (nSPS) is 28.8. The minimum atomic E-state index is -1.80. The van der Waals surface area contributed by atoms with Crippen molar-refractivity contribution in [2.24, 2.45) is 0 Å². The van der Waals surface area contributed by atoms with E-state index in [1.165, 1.54) is 7.11 Å². The molecular weight excluding hydrogens is 302 g/mol. The number of hydrogen-bond donors (Lipinski definition) is 1. The molecule has 6 nitrogen and oxygen atoms in total. The van der Waals surface area contributed by atoms with E-state index < -0.39 is 20.0 Å². The molecule has 0 aromatic rings. The topological polar surface area (TPSA) is 66.0 Å². The molecule has 1 aliphatic rings. The van der Waals surface area contributed by atoms with E-state index in [1.54, 1.807) is 7.11 Å². The van der Waals surface area contributed by atoms with Gasteiger partial charge in [-0.3, -0.25) is 10.1 Å². The lowest BCUT2D eigenvalue weighted by Crippen LogP contribution is -2.56. The maximum Gasteiger partial charge on any atom is 0.325 e. The molecule has 1 saturated heterocycles. The average molecular weight is 334 g/mol. The van der Waals surface area contributed by atoms with Gasteiger partial charge in [0, 0.05) is 13.7 Å². The lowest BCUT2D eigenvalue weighted by Gasteiger charge is -2.39. The molecule has 1 N–H and O–H groups in total. The first-order chi connectivity index (χ1) is 10.4. The molecule has 1 heterocycles. The van der Waals surface area contributed by atoms with Crippen molar-refractivity contribution in [3.63, 3.8) is 0 Å². The summed E-state index contributed by atoms with van der Waals surface area (Å²) in [6.07, 6.45) is -0.182. The molecule has 7 heteroatoms. The lowest BCUT2D eigenvalue weighted by molar-refractivity contribution is -0.175. The van der Waals surface area contributed by atoms with Gasteiger partial charge in [0.1, 0.15) is 18.4 Å². The van der Waals surface area contributed by atoms with Gasteiger partial charge >= 0.3 is 5.97 Å². The van der Waals surface area contributed by atoms with Crippen LogP contribution in [-0.4, -0.2) is 59.6 Å². The van der Waals surface area contributed by atoms with Crippen molar-refractivity contribution in [1.29, 1.82) is 0 Å². The Hall–Kier alpha value is -0.473. The number of nitrogens with one attached hydrogen (secondary N) is 1. The SMILES string of the molecule is CC[Si](CC)(CC)O[C@@H]1CN[C@H](C(=O)OC)[C@]1(C)OCOC. The summed E-state index contributed by atoms with van der Waals surface area (Å²) in [6.45, 7) is 9.16. The molecule has 0 amide bonds. The zero-order valence-corrected chi connectivity index (χ0v) is 15.7. The van der Waals surface area contributed by atoms with Crippen LogP contribution in [0.15, 0.2) is 0 Å². The molecule has 0 aliphatic carbocycles. The lowest BCUT2D eigenvalue weighted by atomic mass is 9.94. The highest BCUT2D eigenvalue weighted by Gasteiger charge is 2.54. The Morgan fingerprint density at radius 3 is 2.27 bits per heavy atom. The third-order valence-corrected chi connectivity index (χ3v) is 9.62. The van der Waals surface area contributed by atoms with E-state index in [0.717, 1.165) is 18.1 Å². The van der Waals surface area contributed by atoms with E-state index in [2.05, 4.69) is 26.1 Å². The molecule has 1 aliphatic heterocycles. The third kappa shape index (κ3) is 3.89. The zero-order chi connectivity index (χ0) is 16.8. The summed E-state index contributed by atoms with van der Waals surface area (Å²) in [6, 6.07) is 2.62. The van der Waals surface area contributed by atoms with Gasteiger partial charge in [-0.05, 0) is 25.1 Å². The smallest absolute Gasteiger partial charge is 0.325 e. The molecule has 1 rings (SSSR count). The molecule has 3 atom stereocenters. The van der Waals surface area contributed by atoms with Gasteiger partial charge in [-0.1, -0.05) is 20.8 Å². The molecule has 1 fully saturated rings. The summed E-state index contributed by atoms with van der Waals surface area (Å²) in [5.74, 6) is -0.332. The molecular formula is C15H31NO5Si. The van der Waals surface area contributed by atoms with Crippen LogP contribution in [0.3, 0.4) is 0 Å². The molecule has 0 aromatic heterocycles. The molecule has 0 bridgehead atoms. The van der Waals surface area contributed by atoms with Crippen molar-refractivity contribution >= 4 is 14.3 Å². The minimum Gasteiger partial charge on any atom is -0.468 e. The summed E-state index contributed by atoms with van der Waals surface area (Å²) >= 11 is 0. The first kappa shape index (κ1) is 19.6. The second-order valence-electron chi connectivity index (χ2n) is 5.95. The standard InChI is InChI=1S/C15H31NO5Si/c1-7-22(8-2,9-3)21-12-10-16-13(14(17)19-6)15(12,4)20-11-18-5/h12-13,16H,7-11H2,1-6H3/t12-,13-,15-/m1/s1. The molecule has 0 aromatic carbocycles. The van der Waals surface area contributed by atoms with Crippen LogP contribution < -0.4 is 5.32 Å². The summed E-state index contributed by atoms with van der Waals surface area (Å²) in [7, 11) is 1.16. The van der Waals surface area contributed by atoms with Crippen LogP contribution in [0, 0.1) is 0 Å². The van der Waals surface area contributed by atoms with E-state index in [1.807, 2.05) is 6.92 Å². The Morgan fingerprint density at radius 2 is 1.82 bits per heavy atom. The highest BCUT2D eigenvalue weighted by molar-refractivity contribution is 6.73. The van der Waals surface area contributed by atoms with Gasteiger partial charge in [-0.2, -0.15) is 0 Å². The first-order valence-corrected chi connectivity index (χ1v) is 10.6. The van der Waals surface area contributed by atoms with E-state index in [4.69, 9.17) is 18.6 Å². The monoisotopic (exact) mass is 333 g/mol. The van der Waals surface area contributed by atoms with Crippen LogP contribution >= 0.6 is 0 Å². The van der Waals surface area contributed by atoms with E-state index >= 15 is 0 Å². The van der Waals surface area contributed by atoms with Crippen molar-refractivity contribution in [2.45, 2.75) is 63.6 Å². The summed E-state index contributed by atoms with van der Waals surface area (Å²) in [4.78, 5) is 12.1. The average Bonchev–Trinajstić information content (AvgIpc) is 2.86. The fraction of sp³-hybridized carbons (Fsp3) is 0.933. The van der Waals surface area contributed by atoms with Crippen LogP contribution in [0.1, 0.15) is 27.7 Å². The molecule has 22 heavy (non-hydrogen) atoms. The summed E-state index contributed by atoms with van der Waals surface area (Å²) in [5.41, 5.74) is -0.791. The van der Waals surface area contributed by atoms with Gasteiger partial charge in [-0.15, -0.1) is 0 Å².